The quantitative estimate of drug-likeness (QED) is 0.820. The van der Waals surface area contributed by atoms with Gasteiger partial charge in [0.05, 0.1) is 12.7 Å². The largest absolute Gasteiger partial charge is 0.493 e. The molecule has 2 aromatic rings. The van der Waals surface area contributed by atoms with Crippen molar-refractivity contribution in [2.24, 2.45) is 5.92 Å². The summed E-state index contributed by atoms with van der Waals surface area (Å²) in [7, 11) is 0. The van der Waals surface area contributed by atoms with Crippen molar-refractivity contribution in [2.75, 3.05) is 13.2 Å². The van der Waals surface area contributed by atoms with Crippen molar-refractivity contribution >= 4 is 10.8 Å². The molecule has 0 saturated carbocycles. The van der Waals surface area contributed by atoms with Gasteiger partial charge in [-0.3, -0.25) is 0 Å². The van der Waals surface area contributed by atoms with Crippen molar-refractivity contribution in [3.05, 3.63) is 42.0 Å². The average molecular weight is 287 g/mol. The molecule has 1 atom stereocenters. The highest BCUT2D eigenvalue weighted by atomic mass is 16.5. The van der Waals surface area contributed by atoms with Crippen molar-refractivity contribution in [3.8, 4) is 5.75 Å². The Bertz CT molecular complexity index is 578. The van der Waals surface area contributed by atoms with Crippen molar-refractivity contribution in [1.82, 2.24) is 5.32 Å². The van der Waals surface area contributed by atoms with Gasteiger partial charge in [0, 0.05) is 18.7 Å². The molecule has 2 aromatic carbocycles. The third kappa shape index (κ3) is 4.45. The highest BCUT2D eigenvalue weighted by Crippen LogP contribution is 2.28. The highest BCUT2D eigenvalue weighted by Gasteiger charge is 2.09. The van der Waals surface area contributed by atoms with Crippen LogP contribution in [-0.2, 0) is 6.54 Å². The Kier molecular flexibility index (Phi) is 5.59. The molecular formula is C18H25NO2. The van der Waals surface area contributed by atoms with E-state index in [1.165, 1.54) is 10.8 Å². The van der Waals surface area contributed by atoms with Crippen molar-refractivity contribution in [3.63, 3.8) is 0 Å². The van der Waals surface area contributed by atoms with Crippen molar-refractivity contribution in [2.45, 2.75) is 33.4 Å². The minimum atomic E-state index is -0.347. The normalized spacial score (nSPS) is 12.8. The van der Waals surface area contributed by atoms with E-state index in [1.807, 2.05) is 18.2 Å². The first-order valence-electron chi connectivity index (χ1n) is 7.60. The van der Waals surface area contributed by atoms with Crippen LogP contribution in [0, 0.1) is 5.92 Å². The zero-order valence-corrected chi connectivity index (χ0v) is 13.1. The molecule has 0 radical (unpaired) electrons. The van der Waals surface area contributed by atoms with Gasteiger partial charge in [0.1, 0.15) is 5.75 Å². The van der Waals surface area contributed by atoms with Gasteiger partial charge in [0.25, 0.3) is 0 Å². The topological polar surface area (TPSA) is 41.5 Å². The molecule has 0 aliphatic carbocycles. The first-order valence-corrected chi connectivity index (χ1v) is 7.60. The Balaban J connectivity index is 2.28. The lowest BCUT2D eigenvalue weighted by atomic mass is 10.0. The third-order valence-electron chi connectivity index (χ3n) is 3.31. The molecule has 0 aromatic heterocycles. The molecule has 114 valence electrons. The average Bonchev–Trinajstić information content (AvgIpc) is 2.45. The van der Waals surface area contributed by atoms with E-state index in [0.29, 0.717) is 25.6 Å². The fourth-order valence-corrected chi connectivity index (χ4v) is 2.30. The van der Waals surface area contributed by atoms with E-state index in [2.05, 4.69) is 37.4 Å². The molecule has 0 amide bonds. The van der Waals surface area contributed by atoms with Gasteiger partial charge in [-0.05, 0) is 29.7 Å². The molecule has 21 heavy (non-hydrogen) atoms. The second-order valence-corrected chi connectivity index (χ2v) is 5.95. The summed E-state index contributed by atoms with van der Waals surface area (Å²) < 4.78 is 5.96. The number of nitrogens with one attached hydrogen (secondary N) is 1. The SMILES string of the molecule is CC(C)COc1ccc2ccccc2c1CNCC(C)O. The van der Waals surface area contributed by atoms with Gasteiger partial charge in [0.15, 0.2) is 0 Å². The molecule has 2 N–H and O–H groups in total. The summed E-state index contributed by atoms with van der Waals surface area (Å²) in [6.07, 6.45) is -0.347. The van der Waals surface area contributed by atoms with E-state index in [-0.39, 0.29) is 6.10 Å². The summed E-state index contributed by atoms with van der Waals surface area (Å²) in [5.74, 6) is 1.43. The van der Waals surface area contributed by atoms with Gasteiger partial charge in [-0.2, -0.15) is 0 Å². The van der Waals surface area contributed by atoms with Gasteiger partial charge in [-0.15, -0.1) is 0 Å². The fraction of sp³-hybridized carbons (Fsp3) is 0.444. The van der Waals surface area contributed by atoms with Gasteiger partial charge in [-0.25, -0.2) is 0 Å². The Labute approximate surface area is 126 Å². The van der Waals surface area contributed by atoms with Crippen LogP contribution in [0.4, 0.5) is 0 Å². The van der Waals surface area contributed by atoms with Gasteiger partial charge in [0.2, 0.25) is 0 Å². The van der Waals surface area contributed by atoms with Crippen LogP contribution in [0.1, 0.15) is 26.3 Å². The van der Waals surface area contributed by atoms with Crippen LogP contribution in [0.2, 0.25) is 0 Å². The Morgan fingerprint density at radius 1 is 1.10 bits per heavy atom. The lowest BCUT2D eigenvalue weighted by Gasteiger charge is -2.16. The molecule has 3 nitrogen and oxygen atoms in total. The molecular weight excluding hydrogens is 262 g/mol. The first kappa shape index (κ1) is 15.8. The van der Waals surface area contributed by atoms with Crippen LogP contribution in [0.25, 0.3) is 10.8 Å². The summed E-state index contributed by atoms with van der Waals surface area (Å²) in [5.41, 5.74) is 1.16. The Morgan fingerprint density at radius 2 is 1.86 bits per heavy atom. The van der Waals surface area contributed by atoms with Crippen molar-refractivity contribution < 1.29 is 9.84 Å². The van der Waals surface area contributed by atoms with E-state index in [0.717, 1.165) is 11.3 Å². The number of hydrogen-bond donors (Lipinski definition) is 2. The first-order chi connectivity index (χ1) is 10.1. The van der Waals surface area contributed by atoms with Crippen LogP contribution in [0.15, 0.2) is 36.4 Å². The van der Waals surface area contributed by atoms with E-state index in [9.17, 15) is 5.11 Å². The molecule has 0 heterocycles. The zero-order chi connectivity index (χ0) is 15.2. The predicted octanol–water partition coefficient (Wildman–Crippen LogP) is 3.35. The lowest BCUT2D eigenvalue weighted by Crippen LogP contribution is -2.24. The molecule has 0 aliphatic heterocycles. The zero-order valence-electron chi connectivity index (χ0n) is 13.1. The number of aliphatic hydroxyl groups excluding tert-OH is 1. The second kappa shape index (κ2) is 7.43. The Morgan fingerprint density at radius 3 is 2.57 bits per heavy atom. The standard InChI is InChI=1S/C18H25NO2/c1-13(2)12-21-18-9-8-15-6-4-5-7-16(15)17(18)11-19-10-14(3)20/h4-9,13-14,19-20H,10-12H2,1-3H3. The van der Waals surface area contributed by atoms with Crippen molar-refractivity contribution in [1.29, 1.82) is 0 Å². The number of ether oxygens (including phenoxy) is 1. The maximum Gasteiger partial charge on any atom is 0.124 e. The van der Waals surface area contributed by atoms with Gasteiger partial charge >= 0.3 is 0 Å². The molecule has 3 heteroatoms. The third-order valence-corrected chi connectivity index (χ3v) is 3.31. The molecule has 0 saturated heterocycles. The van der Waals surface area contributed by atoms with Crippen LogP contribution >= 0.6 is 0 Å². The van der Waals surface area contributed by atoms with E-state index < -0.39 is 0 Å². The summed E-state index contributed by atoms with van der Waals surface area (Å²) in [6.45, 7) is 8.05. The van der Waals surface area contributed by atoms with E-state index in [4.69, 9.17) is 4.74 Å². The molecule has 0 bridgehead atoms. The smallest absolute Gasteiger partial charge is 0.124 e. The number of fused-ring (bicyclic) bond motifs is 1. The molecule has 0 spiro atoms. The molecule has 2 rings (SSSR count). The van der Waals surface area contributed by atoms with Crippen LogP contribution in [-0.4, -0.2) is 24.4 Å². The summed E-state index contributed by atoms with van der Waals surface area (Å²) in [6, 6.07) is 12.5. The minimum Gasteiger partial charge on any atom is -0.493 e. The summed E-state index contributed by atoms with van der Waals surface area (Å²) in [4.78, 5) is 0. The highest BCUT2D eigenvalue weighted by molar-refractivity contribution is 5.87. The van der Waals surface area contributed by atoms with E-state index in [1.54, 1.807) is 6.92 Å². The monoisotopic (exact) mass is 287 g/mol. The molecule has 1 unspecified atom stereocenters. The predicted molar refractivity (Wildman–Crippen MR) is 87.7 cm³/mol. The lowest BCUT2D eigenvalue weighted by molar-refractivity contribution is 0.190. The second-order valence-electron chi connectivity index (χ2n) is 5.95. The minimum absolute atomic E-state index is 0.347. The van der Waals surface area contributed by atoms with Crippen LogP contribution < -0.4 is 10.1 Å². The Hall–Kier alpha value is -1.58. The molecule has 0 aliphatic rings. The number of aliphatic hydroxyl groups is 1. The van der Waals surface area contributed by atoms with E-state index >= 15 is 0 Å². The number of rotatable bonds is 7. The van der Waals surface area contributed by atoms with Gasteiger partial charge < -0.3 is 15.2 Å². The van der Waals surface area contributed by atoms with Crippen LogP contribution in [0.3, 0.4) is 0 Å². The fourth-order valence-electron chi connectivity index (χ4n) is 2.30. The molecule has 0 fully saturated rings. The summed E-state index contributed by atoms with van der Waals surface area (Å²) in [5, 5.41) is 15.1. The summed E-state index contributed by atoms with van der Waals surface area (Å²) >= 11 is 0. The van der Waals surface area contributed by atoms with Crippen LogP contribution in [0.5, 0.6) is 5.75 Å². The van der Waals surface area contributed by atoms with Gasteiger partial charge in [-0.1, -0.05) is 44.2 Å². The number of benzene rings is 2. The maximum absolute atomic E-state index is 9.40. The maximum atomic E-state index is 9.40. The number of hydrogen-bond acceptors (Lipinski definition) is 3.